The van der Waals surface area contributed by atoms with Crippen LogP contribution in [0.2, 0.25) is 0 Å². The van der Waals surface area contributed by atoms with Gasteiger partial charge in [-0.1, -0.05) is 30.3 Å². The van der Waals surface area contributed by atoms with Crippen molar-refractivity contribution in [3.8, 4) is 22.9 Å². The Kier molecular flexibility index (Phi) is 6.94. The number of pyridine rings is 1. The van der Waals surface area contributed by atoms with E-state index in [1.54, 1.807) is 12.4 Å². The van der Waals surface area contributed by atoms with Gasteiger partial charge in [-0.25, -0.2) is 15.0 Å². The van der Waals surface area contributed by atoms with Crippen molar-refractivity contribution in [1.29, 1.82) is 0 Å². The van der Waals surface area contributed by atoms with E-state index in [2.05, 4.69) is 75.9 Å². The maximum absolute atomic E-state index is 6.60. The first-order valence-corrected chi connectivity index (χ1v) is 13.5. The van der Waals surface area contributed by atoms with E-state index in [0.29, 0.717) is 17.9 Å². The summed E-state index contributed by atoms with van der Waals surface area (Å²) in [4.78, 5) is 13.9. The minimum absolute atomic E-state index is 0.321. The molecule has 4 heterocycles. The highest BCUT2D eigenvalue weighted by Crippen LogP contribution is 2.37. The third-order valence-corrected chi connectivity index (χ3v) is 7.37. The zero-order valence-corrected chi connectivity index (χ0v) is 22.6. The van der Waals surface area contributed by atoms with Gasteiger partial charge in [0, 0.05) is 49.5 Å². The van der Waals surface area contributed by atoms with Crippen molar-refractivity contribution in [3.05, 3.63) is 89.5 Å². The van der Waals surface area contributed by atoms with Crippen LogP contribution in [0.5, 0.6) is 11.6 Å². The molecule has 1 aliphatic heterocycles. The summed E-state index contributed by atoms with van der Waals surface area (Å²) in [6.45, 7) is 6.12. The van der Waals surface area contributed by atoms with Crippen LogP contribution in [-0.2, 0) is 13.5 Å². The Labute approximate surface area is 228 Å². The number of rotatable bonds is 7. The molecule has 0 unspecified atom stereocenters. The van der Waals surface area contributed by atoms with Crippen molar-refractivity contribution >= 4 is 16.7 Å². The van der Waals surface area contributed by atoms with Crippen molar-refractivity contribution in [2.45, 2.75) is 39.2 Å². The number of ether oxygens (including phenoxy) is 1. The van der Waals surface area contributed by atoms with E-state index in [1.807, 2.05) is 29.9 Å². The first-order valence-electron chi connectivity index (χ1n) is 13.5. The number of hydrogen-bond acceptors (Lipinski definition) is 7. The van der Waals surface area contributed by atoms with E-state index in [4.69, 9.17) is 9.72 Å². The minimum Gasteiger partial charge on any atom is -0.437 e. The maximum atomic E-state index is 6.60. The molecule has 39 heavy (non-hydrogen) atoms. The van der Waals surface area contributed by atoms with Crippen molar-refractivity contribution in [2.24, 2.45) is 7.05 Å². The van der Waals surface area contributed by atoms with Gasteiger partial charge in [0.25, 0.3) is 0 Å². The van der Waals surface area contributed by atoms with Gasteiger partial charge in [-0.15, -0.1) is 0 Å². The Morgan fingerprint density at radius 2 is 1.95 bits per heavy atom. The summed E-state index contributed by atoms with van der Waals surface area (Å²) in [5, 5.41) is 13.8. The molecular formula is C31H33N7O. The Balaban J connectivity index is 1.33. The van der Waals surface area contributed by atoms with Crippen LogP contribution in [0.25, 0.3) is 22.0 Å². The highest BCUT2D eigenvalue weighted by Gasteiger charge is 2.17. The van der Waals surface area contributed by atoms with Gasteiger partial charge in [0.2, 0.25) is 11.8 Å². The van der Waals surface area contributed by atoms with Gasteiger partial charge in [0.1, 0.15) is 5.75 Å². The number of aryl methyl sites for hydroxylation is 3. The normalized spacial score (nSPS) is 15.4. The molecule has 1 fully saturated rings. The fraction of sp³-hybridized carbons (Fsp3) is 0.290. The second-order valence-corrected chi connectivity index (χ2v) is 10.2. The third-order valence-electron chi connectivity index (χ3n) is 7.37. The molecule has 0 radical (unpaired) electrons. The summed E-state index contributed by atoms with van der Waals surface area (Å²) in [6.07, 6.45) is 6.54. The highest BCUT2D eigenvalue weighted by molar-refractivity contribution is 5.92. The molecule has 8 nitrogen and oxygen atoms in total. The van der Waals surface area contributed by atoms with Gasteiger partial charge in [0.15, 0.2) is 0 Å². The molecule has 1 atom stereocenters. The molecule has 8 heteroatoms. The average molecular weight is 520 g/mol. The fourth-order valence-electron chi connectivity index (χ4n) is 5.21. The predicted octanol–water partition coefficient (Wildman–Crippen LogP) is 5.59. The van der Waals surface area contributed by atoms with Crippen molar-refractivity contribution in [2.75, 3.05) is 18.4 Å². The third kappa shape index (κ3) is 5.33. The van der Waals surface area contributed by atoms with Crippen LogP contribution in [-0.4, -0.2) is 43.9 Å². The molecule has 2 N–H and O–H groups in total. The number of nitrogens with zero attached hydrogens (tertiary/aromatic N) is 5. The first-order chi connectivity index (χ1) is 19.0. The number of anilines is 1. The fourth-order valence-corrected chi connectivity index (χ4v) is 5.21. The number of aromatic nitrogens is 5. The second kappa shape index (κ2) is 10.8. The lowest BCUT2D eigenvalue weighted by Gasteiger charge is -2.23. The molecule has 6 rings (SSSR count). The van der Waals surface area contributed by atoms with E-state index in [1.165, 1.54) is 5.56 Å². The van der Waals surface area contributed by atoms with E-state index in [-0.39, 0.29) is 0 Å². The molecule has 2 aromatic carbocycles. The van der Waals surface area contributed by atoms with Crippen LogP contribution in [0.1, 0.15) is 35.4 Å². The average Bonchev–Trinajstić information content (AvgIpc) is 3.27. The van der Waals surface area contributed by atoms with Gasteiger partial charge in [-0.2, -0.15) is 5.10 Å². The van der Waals surface area contributed by atoms with Gasteiger partial charge in [0.05, 0.1) is 17.0 Å². The lowest BCUT2D eigenvalue weighted by molar-refractivity contribution is 0.466. The molecule has 3 aromatic heterocycles. The molecule has 1 aliphatic rings. The molecular weight excluding hydrogens is 486 g/mol. The van der Waals surface area contributed by atoms with Crippen molar-refractivity contribution in [3.63, 3.8) is 0 Å². The Morgan fingerprint density at radius 3 is 2.77 bits per heavy atom. The van der Waals surface area contributed by atoms with Crippen LogP contribution in [0.4, 0.5) is 5.95 Å². The number of benzene rings is 2. The Bertz CT molecular complexity index is 1600. The maximum Gasteiger partial charge on any atom is 0.228 e. The number of fused-ring (bicyclic) bond motifs is 1. The SMILES string of the molecule is Cc1ccc2c(Cc3cc(C)n(C)n3)cccc2c1Oc1ncccc1-c1ccnc(N[C@H]2CCCNC2)n1. The van der Waals surface area contributed by atoms with Crippen LogP contribution >= 0.6 is 0 Å². The van der Waals surface area contributed by atoms with Gasteiger partial charge in [-0.3, -0.25) is 4.68 Å². The molecule has 0 aliphatic carbocycles. The number of hydrogen-bond donors (Lipinski definition) is 2. The number of piperidine rings is 1. The summed E-state index contributed by atoms with van der Waals surface area (Å²) in [5.41, 5.74) is 6.03. The summed E-state index contributed by atoms with van der Waals surface area (Å²) in [5.74, 6) is 1.93. The molecule has 0 bridgehead atoms. The molecule has 198 valence electrons. The lowest BCUT2D eigenvalue weighted by atomic mass is 9.98. The monoisotopic (exact) mass is 519 g/mol. The largest absolute Gasteiger partial charge is 0.437 e. The van der Waals surface area contributed by atoms with Gasteiger partial charge < -0.3 is 15.4 Å². The number of nitrogens with one attached hydrogen (secondary N) is 2. The van der Waals surface area contributed by atoms with E-state index >= 15 is 0 Å². The van der Waals surface area contributed by atoms with Crippen LogP contribution < -0.4 is 15.4 Å². The molecule has 1 saturated heterocycles. The zero-order chi connectivity index (χ0) is 26.8. The molecule has 0 spiro atoms. The first kappa shape index (κ1) is 25.0. The smallest absolute Gasteiger partial charge is 0.228 e. The lowest BCUT2D eigenvalue weighted by Crippen LogP contribution is -2.38. The van der Waals surface area contributed by atoms with Gasteiger partial charge in [-0.05, 0) is 74.0 Å². The Hall–Kier alpha value is -4.30. The van der Waals surface area contributed by atoms with Crippen LogP contribution in [0.15, 0.2) is 67.0 Å². The van der Waals surface area contributed by atoms with Crippen LogP contribution in [0, 0.1) is 13.8 Å². The topological polar surface area (TPSA) is 89.8 Å². The highest BCUT2D eigenvalue weighted by atomic mass is 16.5. The van der Waals surface area contributed by atoms with E-state index in [9.17, 15) is 0 Å². The zero-order valence-electron chi connectivity index (χ0n) is 22.6. The second-order valence-electron chi connectivity index (χ2n) is 10.2. The predicted molar refractivity (Wildman–Crippen MR) is 154 cm³/mol. The summed E-state index contributed by atoms with van der Waals surface area (Å²) >= 11 is 0. The van der Waals surface area contributed by atoms with E-state index in [0.717, 1.165) is 77.1 Å². The van der Waals surface area contributed by atoms with Gasteiger partial charge >= 0.3 is 0 Å². The molecule has 5 aromatic rings. The van der Waals surface area contributed by atoms with E-state index < -0.39 is 0 Å². The van der Waals surface area contributed by atoms with Crippen molar-refractivity contribution in [1.82, 2.24) is 30.0 Å². The summed E-state index contributed by atoms with van der Waals surface area (Å²) < 4.78 is 8.52. The Morgan fingerprint density at radius 1 is 1.03 bits per heavy atom. The molecule has 0 amide bonds. The standard InChI is InChI=1S/C31H33N7O/c1-20-11-12-25-22(18-24-17-21(2)38(3)37-24)7-4-9-26(25)29(20)39-30-27(10-6-15-33-30)28-13-16-34-31(36-28)35-23-8-5-14-32-19-23/h4,6-7,9-13,15-17,23,32H,5,8,14,18-19H2,1-3H3,(H,34,35,36)/t23-/m0/s1. The minimum atomic E-state index is 0.321. The van der Waals surface area contributed by atoms with Crippen molar-refractivity contribution < 1.29 is 4.74 Å². The molecule has 0 saturated carbocycles. The van der Waals surface area contributed by atoms with Crippen LogP contribution in [0.3, 0.4) is 0 Å². The summed E-state index contributed by atoms with van der Waals surface area (Å²) in [7, 11) is 1.98. The quantitative estimate of drug-likeness (QED) is 0.290. The summed E-state index contributed by atoms with van der Waals surface area (Å²) in [6, 6.07) is 18.9.